The van der Waals surface area contributed by atoms with Crippen LogP contribution in [0.25, 0.3) is 16.4 Å². The lowest BCUT2D eigenvalue weighted by atomic mass is 10.1. The summed E-state index contributed by atoms with van der Waals surface area (Å²) >= 11 is 1.55. The Labute approximate surface area is 178 Å². The first-order valence-corrected chi connectivity index (χ1v) is 10.7. The van der Waals surface area contributed by atoms with Gasteiger partial charge in [0.25, 0.3) is 0 Å². The van der Waals surface area contributed by atoms with E-state index in [9.17, 15) is 4.79 Å². The SMILES string of the molecule is Cc1cc(C)n(-c2ccc(CCNC(=O)CCc3nc(-c4cccs4)no3)cc2)n1. The van der Waals surface area contributed by atoms with Crippen molar-refractivity contribution in [3.63, 3.8) is 0 Å². The van der Waals surface area contributed by atoms with E-state index in [-0.39, 0.29) is 5.91 Å². The highest BCUT2D eigenvalue weighted by atomic mass is 32.1. The lowest BCUT2D eigenvalue weighted by Gasteiger charge is -2.07. The third-order valence-electron chi connectivity index (χ3n) is 4.70. The number of carbonyl (C=O) groups is 1. The molecule has 0 bridgehead atoms. The summed E-state index contributed by atoms with van der Waals surface area (Å²) in [5.41, 5.74) is 4.31. The molecule has 0 aliphatic heterocycles. The van der Waals surface area contributed by atoms with Crippen molar-refractivity contribution in [3.8, 4) is 16.4 Å². The first-order chi connectivity index (χ1) is 14.6. The number of aryl methyl sites for hydroxylation is 3. The molecule has 0 aliphatic carbocycles. The van der Waals surface area contributed by atoms with E-state index >= 15 is 0 Å². The number of rotatable bonds is 8. The van der Waals surface area contributed by atoms with Crippen molar-refractivity contribution in [2.24, 2.45) is 0 Å². The summed E-state index contributed by atoms with van der Waals surface area (Å²) in [4.78, 5) is 17.4. The van der Waals surface area contributed by atoms with E-state index in [2.05, 4.69) is 50.9 Å². The third kappa shape index (κ3) is 4.83. The maximum absolute atomic E-state index is 12.1. The van der Waals surface area contributed by atoms with Gasteiger partial charge in [-0.25, -0.2) is 4.68 Å². The van der Waals surface area contributed by atoms with Gasteiger partial charge in [-0.2, -0.15) is 10.1 Å². The number of nitrogens with zero attached hydrogens (tertiary/aromatic N) is 4. The minimum absolute atomic E-state index is 0.0230. The van der Waals surface area contributed by atoms with Crippen molar-refractivity contribution in [1.82, 2.24) is 25.2 Å². The van der Waals surface area contributed by atoms with E-state index in [1.54, 1.807) is 11.3 Å². The van der Waals surface area contributed by atoms with Crippen molar-refractivity contribution >= 4 is 17.2 Å². The monoisotopic (exact) mass is 421 g/mol. The molecule has 0 fully saturated rings. The average Bonchev–Trinajstić information content (AvgIpc) is 3.48. The first-order valence-electron chi connectivity index (χ1n) is 9.84. The minimum atomic E-state index is -0.0230. The molecule has 1 N–H and O–H groups in total. The van der Waals surface area contributed by atoms with Crippen LogP contribution in [0, 0.1) is 13.8 Å². The van der Waals surface area contributed by atoms with Crippen molar-refractivity contribution in [3.05, 3.63) is 70.7 Å². The number of thiophene rings is 1. The molecular weight excluding hydrogens is 398 g/mol. The van der Waals surface area contributed by atoms with Gasteiger partial charge >= 0.3 is 0 Å². The fraction of sp³-hybridized carbons (Fsp3) is 0.273. The zero-order chi connectivity index (χ0) is 20.9. The quantitative estimate of drug-likeness (QED) is 0.466. The van der Waals surface area contributed by atoms with E-state index in [0.717, 1.165) is 33.9 Å². The summed E-state index contributed by atoms with van der Waals surface area (Å²) in [5, 5.41) is 13.4. The Kier molecular flexibility index (Phi) is 6.04. The number of benzene rings is 1. The molecule has 0 aliphatic rings. The van der Waals surface area contributed by atoms with Gasteiger partial charge in [-0.1, -0.05) is 23.4 Å². The molecule has 154 valence electrons. The highest BCUT2D eigenvalue weighted by Gasteiger charge is 2.11. The van der Waals surface area contributed by atoms with Crippen molar-refractivity contribution in [2.75, 3.05) is 6.54 Å². The van der Waals surface area contributed by atoms with Gasteiger partial charge in [-0.05, 0) is 55.5 Å². The highest BCUT2D eigenvalue weighted by molar-refractivity contribution is 7.13. The van der Waals surface area contributed by atoms with Gasteiger partial charge in [0, 0.05) is 25.1 Å². The first kappa shape index (κ1) is 20.0. The van der Waals surface area contributed by atoms with Crippen molar-refractivity contribution in [2.45, 2.75) is 33.1 Å². The maximum Gasteiger partial charge on any atom is 0.227 e. The fourth-order valence-corrected chi connectivity index (χ4v) is 3.86. The van der Waals surface area contributed by atoms with E-state index in [1.165, 1.54) is 0 Å². The largest absolute Gasteiger partial charge is 0.356 e. The number of carbonyl (C=O) groups excluding carboxylic acids is 1. The van der Waals surface area contributed by atoms with Crippen LogP contribution >= 0.6 is 11.3 Å². The van der Waals surface area contributed by atoms with Crippen LogP contribution < -0.4 is 5.32 Å². The van der Waals surface area contributed by atoms with Crippen LogP contribution in [0.15, 0.2) is 52.4 Å². The lowest BCUT2D eigenvalue weighted by Crippen LogP contribution is -2.25. The second-order valence-corrected chi connectivity index (χ2v) is 8.04. The van der Waals surface area contributed by atoms with Gasteiger partial charge in [-0.15, -0.1) is 11.3 Å². The molecule has 0 unspecified atom stereocenters. The van der Waals surface area contributed by atoms with Crippen LogP contribution in [0.3, 0.4) is 0 Å². The molecule has 7 nitrogen and oxygen atoms in total. The Balaban J connectivity index is 1.21. The van der Waals surface area contributed by atoms with Crippen molar-refractivity contribution in [1.29, 1.82) is 0 Å². The molecule has 0 saturated carbocycles. The second kappa shape index (κ2) is 9.04. The van der Waals surface area contributed by atoms with E-state index < -0.39 is 0 Å². The van der Waals surface area contributed by atoms with Crippen LogP contribution in [-0.4, -0.2) is 32.4 Å². The molecule has 4 aromatic rings. The molecular formula is C22H23N5O2S. The standard InChI is InChI=1S/C22H23N5O2S/c1-15-14-16(2)27(25-15)18-7-5-17(6-8-18)11-12-23-20(28)9-10-21-24-22(26-29-21)19-4-3-13-30-19/h3-8,13-14H,9-12H2,1-2H3,(H,23,28). The van der Waals surface area contributed by atoms with E-state index in [0.29, 0.717) is 31.1 Å². The van der Waals surface area contributed by atoms with Gasteiger partial charge in [-0.3, -0.25) is 4.79 Å². The molecule has 1 aromatic carbocycles. The summed E-state index contributed by atoms with van der Waals surface area (Å²) in [6, 6.07) is 14.2. The van der Waals surface area contributed by atoms with Gasteiger partial charge in [0.05, 0.1) is 16.3 Å². The topological polar surface area (TPSA) is 85.8 Å². The maximum atomic E-state index is 12.1. The molecule has 30 heavy (non-hydrogen) atoms. The molecule has 0 radical (unpaired) electrons. The molecule has 0 spiro atoms. The Hall–Kier alpha value is -3.26. The van der Waals surface area contributed by atoms with Crippen LogP contribution in [0.5, 0.6) is 0 Å². The summed E-state index contributed by atoms with van der Waals surface area (Å²) in [7, 11) is 0. The van der Waals surface area contributed by atoms with Crippen molar-refractivity contribution < 1.29 is 9.32 Å². The minimum Gasteiger partial charge on any atom is -0.356 e. The lowest BCUT2D eigenvalue weighted by molar-refractivity contribution is -0.121. The molecule has 0 saturated heterocycles. The Bertz CT molecular complexity index is 1110. The number of hydrogen-bond donors (Lipinski definition) is 1. The number of amides is 1. The van der Waals surface area contributed by atoms with Crippen LogP contribution in [0.2, 0.25) is 0 Å². The van der Waals surface area contributed by atoms with Crippen LogP contribution in [0.4, 0.5) is 0 Å². The van der Waals surface area contributed by atoms with Gasteiger partial charge < -0.3 is 9.84 Å². The van der Waals surface area contributed by atoms with E-state index in [4.69, 9.17) is 4.52 Å². The summed E-state index contributed by atoms with van der Waals surface area (Å²) in [6.45, 7) is 4.62. The van der Waals surface area contributed by atoms with Gasteiger partial charge in [0.1, 0.15) is 0 Å². The second-order valence-electron chi connectivity index (χ2n) is 7.09. The summed E-state index contributed by atoms with van der Waals surface area (Å²) in [5.74, 6) is 1.03. The van der Waals surface area contributed by atoms with Crippen LogP contribution in [-0.2, 0) is 17.6 Å². The predicted octanol–water partition coefficient (Wildman–Crippen LogP) is 3.89. The van der Waals surface area contributed by atoms with Gasteiger partial charge in [0.15, 0.2) is 0 Å². The van der Waals surface area contributed by atoms with Crippen LogP contribution in [0.1, 0.15) is 29.3 Å². The third-order valence-corrected chi connectivity index (χ3v) is 5.57. The fourth-order valence-electron chi connectivity index (χ4n) is 3.21. The summed E-state index contributed by atoms with van der Waals surface area (Å²) in [6.07, 6.45) is 1.52. The predicted molar refractivity (Wildman–Crippen MR) is 116 cm³/mol. The molecule has 8 heteroatoms. The molecule has 4 rings (SSSR count). The normalized spacial score (nSPS) is 11.0. The number of nitrogens with one attached hydrogen (secondary N) is 1. The Morgan fingerprint density at radius 3 is 2.70 bits per heavy atom. The zero-order valence-electron chi connectivity index (χ0n) is 17.0. The smallest absolute Gasteiger partial charge is 0.227 e. The van der Waals surface area contributed by atoms with E-state index in [1.807, 2.05) is 36.0 Å². The molecule has 1 amide bonds. The zero-order valence-corrected chi connectivity index (χ0v) is 17.8. The molecule has 3 heterocycles. The highest BCUT2D eigenvalue weighted by Crippen LogP contribution is 2.21. The molecule has 3 aromatic heterocycles. The van der Waals surface area contributed by atoms with Gasteiger partial charge in [0.2, 0.25) is 17.6 Å². The Morgan fingerprint density at radius 2 is 2.00 bits per heavy atom. The number of aromatic nitrogens is 4. The summed E-state index contributed by atoms with van der Waals surface area (Å²) < 4.78 is 7.16. The molecule has 0 atom stereocenters. The Morgan fingerprint density at radius 1 is 1.17 bits per heavy atom. The number of hydrogen-bond acceptors (Lipinski definition) is 6. The average molecular weight is 422 g/mol.